The Morgan fingerprint density at radius 1 is 0.857 bits per heavy atom. The van der Waals surface area contributed by atoms with Crippen LogP contribution in [0, 0.1) is 11.8 Å². The Kier molecular flexibility index (Phi) is 4.65. The van der Waals surface area contributed by atoms with Crippen LogP contribution in [0.3, 0.4) is 0 Å². The minimum atomic E-state index is 0.0528. The summed E-state index contributed by atoms with van der Waals surface area (Å²) in [6.45, 7) is 4.64. The van der Waals surface area contributed by atoms with E-state index in [9.17, 15) is 5.11 Å². The number of benzene rings is 2. The van der Waals surface area contributed by atoms with Gasteiger partial charge in [-0.1, -0.05) is 13.8 Å². The van der Waals surface area contributed by atoms with Gasteiger partial charge in [-0.25, -0.2) is 0 Å². The van der Waals surface area contributed by atoms with E-state index in [1.807, 2.05) is 12.1 Å². The zero-order valence-electron chi connectivity index (χ0n) is 16.9. The van der Waals surface area contributed by atoms with Crippen molar-refractivity contribution in [2.75, 3.05) is 28.1 Å². The summed E-state index contributed by atoms with van der Waals surface area (Å²) >= 11 is 0. The third-order valence-corrected chi connectivity index (χ3v) is 5.94. The van der Waals surface area contributed by atoms with E-state index in [0.29, 0.717) is 46.1 Å². The van der Waals surface area contributed by atoms with Crippen molar-refractivity contribution in [3.05, 3.63) is 23.3 Å². The molecule has 0 amide bonds. The van der Waals surface area contributed by atoms with Crippen LogP contribution >= 0.6 is 0 Å². The summed E-state index contributed by atoms with van der Waals surface area (Å²) in [6.07, 6.45) is 1.65. The van der Waals surface area contributed by atoms with Crippen LogP contribution in [0.25, 0.3) is 11.1 Å². The SMILES string of the molecule is COc1cc2c(c(O)c1OC)-c1c(cc3c(c1OC)OCO3)C[C@@H](C)[C@@H](C)C2. The Morgan fingerprint density at radius 2 is 1.50 bits per heavy atom. The summed E-state index contributed by atoms with van der Waals surface area (Å²) < 4.78 is 28.0. The van der Waals surface area contributed by atoms with Crippen LogP contribution in [-0.2, 0) is 12.8 Å². The first-order chi connectivity index (χ1) is 13.5. The van der Waals surface area contributed by atoms with Crippen molar-refractivity contribution in [2.45, 2.75) is 26.7 Å². The number of phenolic OH excluding ortho intramolecular Hbond substituents is 1. The number of phenols is 1. The summed E-state index contributed by atoms with van der Waals surface area (Å²) in [4.78, 5) is 0. The largest absolute Gasteiger partial charge is 0.504 e. The smallest absolute Gasteiger partial charge is 0.231 e. The van der Waals surface area contributed by atoms with Crippen molar-refractivity contribution in [1.29, 1.82) is 0 Å². The Hall–Kier alpha value is -2.76. The molecule has 28 heavy (non-hydrogen) atoms. The van der Waals surface area contributed by atoms with Gasteiger partial charge in [0, 0.05) is 11.1 Å². The first-order valence-electron chi connectivity index (χ1n) is 9.46. The topological polar surface area (TPSA) is 66.4 Å². The number of rotatable bonds is 3. The van der Waals surface area contributed by atoms with Crippen LogP contribution in [-0.4, -0.2) is 33.2 Å². The molecule has 2 aromatic rings. The molecule has 1 aliphatic carbocycles. The molecule has 6 heteroatoms. The van der Waals surface area contributed by atoms with Crippen molar-refractivity contribution in [3.8, 4) is 45.6 Å². The van der Waals surface area contributed by atoms with Crippen LogP contribution in [0.5, 0.6) is 34.5 Å². The molecule has 0 fully saturated rings. The predicted octanol–water partition coefficient (Wildman–Crippen LogP) is 4.18. The second-order valence-corrected chi connectivity index (χ2v) is 7.54. The summed E-state index contributed by atoms with van der Waals surface area (Å²) in [5.74, 6) is 3.56. The molecule has 0 unspecified atom stereocenters. The van der Waals surface area contributed by atoms with Crippen LogP contribution in [0.2, 0.25) is 0 Å². The molecule has 1 N–H and O–H groups in total. The molecule has 0 radical (unpaired) electrons. The van der Waals surface area contributed by atoms with E-state index < -0.39 is 0 Å². The lowest BCUT2D eigenvalue weighted by molar-refractivity contribution is 0.171. The number of aromatic hydroxyl groups is 1. The number of ether oxygens (including phenoxy) is 5. The summed E-state index contributed by atoms with van der Waals surface area (Å²) in [6, 6.07) is 3.96. The maximum absolute atomic E-state index is 11.2. The maximum Gasteiger partial charge on any atom is 0.231 e. The highest BCUT2D eigenvalue weighted by Crippen LogP contribution is 2.56. The molecule has 150 valence electrons. The molecule has 2 aromatic carbocycles. The van der Waals surface area contributed by atoms with E-state index in [1.54, 1.807) is 14.2 Å². The normalized spacial score (nSPS) is 19.9. The minimum absolute atomic E-state index is 0.0528. The fraction of sp³-hybridized carbons (Fsp3) is 0.455. The first-order valence-corrected chi connectivity index (χ1v) is 9.46. The molecule has 0 aromatic heterocycles. The lowest BCUT2D eigenvalue weighted by atomic mass is 9.77. The lowest BCUT2D eigenvalue weighted by Crippen LogP contribution is -2.18. The highest BCUT2D eigenvalue weighted by Gasteiger charge is 2.33. The summed E-state index contributed by atoms with van der Waals surface area (Å²) in [5, 5.41) is 11.2. The van der Waals surface area contributed by atoms with Crippen molar-refractivity contribution in [3.63, 3.8) is 0 Å². The van der Waals surface area contributed by atoms with Gasteiger partial charge in [-0.3, -0.25) is 0 Å². The Morgan fingerprint density at radius 3 is 2.11 bits per heavy atom. The standard InChI is InChI=1S/C22H26O6/c1-11-6-13-8-15(24-3)20(25-4)19(23)17(13)18-14(7-12(11)2)9-16-21(22(18)26-5)28-10-27-16/h8-9,11-12,23H,6-7,10H2,1-5H3/t11-,12+/m0/s1. The van der Waals surface area contributed by atoms with Gasteiger partial charge in [-0.05, 0) is 47.9 Å². The second kappa shape index (κ2) is 7.00. The van der Waals surface area contributed by atoms with Crippen molar-refractivity contribution >= 4 is 0 Å². The van der Waals surface area contributed by atoms with Gasteiger partial charge in [0.1, 0.15) is 0 Å². The van der Waals surface area contributed by atoms with Crippen molar-refractivity contribution in [2.24, 2.45) is 11.8 Å². The number of methoxy groups -OCH3 is 3. The second-order valence-electron chi connectivity index (χ2n) is 7.54. The van der Waals surface area contributed by atoms with Crippen LogP contribution in [0.1, 0.15) is 25.0 Å². The molecule has 0 saturated heterocycles. The van der Waals surface area contributed by atoms with Crippen LogP contribution < -0.4 is 23.7 Å². The molecule has 1 heterocycles. The molecular formula is C22H26O6. The van der Waals surface area contributed by atoms with E-state index in [0.717, 1.165) is 29.5 Å². The highest BCUT2D eigenvalue weighted by molar-refractivity contribution is 5.88. The summed E-state index contributed by atoms with van der Waals surface area (Å²) in [7, 11) is 4.71. The maximum atomic E-state index is 11.2. The molecular weight excluding hydrogens is 360 g/mol. The van der Waals surface area contributed by atoms with E-state index in [4.69, 9.17) is 23.7 Å². The summed E-state index contributed by atoms with van der Waals surface area (Å²) in [5.41, 5.74) is 3.59. The molecule has 6 nitrogen and oxygen atoms in total. The molecule has 0 bridgehead atoms. The van der Waals surface area contributed by atoms with E-state index in [1.165, 1.54) is 7.11 Å². The third-order valence-electron chi connectivity index (χ3n) is 5.94. The highest BCUT2D eigenvalue weighted by atomic mass is 16.7. The van der Waals surface area contributed by atoms with E-state index in [-0.39, 0.29) is 12.5 Å². The molecule has 4 rings (SSSR count). The van der Waals surface area contributed by atoms with Gasteiger partial charge < -0.3 is 28.8 Å². The van der Waals surface area contributed by atoms with Gasteiger partial charge >= 0.3 is 0 Å². The number of hydrogen-bond donors (Lipinski definition) is 1. The Labute approximate surface area is 164 Å². The van der Waals surface area contributed by atoms with Gasteiger partial charge in [0.2, 0.25) is 18.3 Å². The minimum Gasteiger partial charge on any atom is -0.504 e. The molecule has 2 aliphatic rings. The van der Waals surface area contributed by atoms with Gasteiger partial charge in [-0.2, -0.15) is 0 Å². The van der Waals surface area contributed by atoms with Crippen molar-refractivity contribution in [1.82, 2.24) is 0 Å². The third kappa shape index (κ3) is 2.70. The van der Waals surface area contributed by atoms with Gasteiger partial charge in [0.05, 0.1) is 21.3 Å². The zero-order valence-corrected chi connectivity index (χ0v) is 16.9. The number of hydrogen-bond acceptors (Lipinski definition) is 6. The van der Waals surface area contributed by atoms with E-state index in [2.05, 4.69) is 13.8 Å². The number of fused-ring (bicyclic) bond motifs is 4. The molecule has 1 aliphatic heterocycles. The Balaban J connectivity index is 2.10. The Bertz CT molecular complexity index is 920. The quantitative estimate of drug-likeness (QED) is 0.853. The average Bonchev–Trinajstić information content (AvgIpc) is 3.14. The fourth-order valence-electron chi connectivity index (χ4n) is 4.26. The van der Waals surface area contributed by atoms with Crippen LogP contribution in [0.15, 0.2) is 12.1 Å². The first kappa shape index (κ1) is 18.6. The van der Waals surface area contributed by atoms with Gasteiger partial charge in [-0.15, -0.1) is 0 Å². The fourth-order valence-corrected chi connectivity index (χ4v) is 4.26. The van der Waals surface area contributed by atoms with Crippen molar-refractivity contribution < 1.29 is 28.8 Å². The van der Waals surface area contributed by atoms with E-state index >= 15 is 0 Å². The predicted molar refractivity (Wildman–Crippen MR) is 105 cm³/mol. The van der Waals surface area contributed by atoms with Gasteiger partial charge in [0.15, 0.2) is 23.0 Å². The lowest BCUT2D eigenvalue weighted by Gasteiger charge is -2.29. The molecule has 2 atom stereocenters. The molecule has 0 spiro atoms. The molecule has 0 saturated carbocycles. The zero-order chi connectivity index (χ0) is 20.0. The average molecular weight is 386 g/mol. The van der Waals surface area contributed by atoms with Crippen LogP contribution in [0.4, 0.5) is 0 Å². The monoisotopic (exact) mass is 386 g/mol. The van der Waals surface area contributed by atoms with Gasteiger partial charge in [0.25, 0.3) is 0 Å².